The number of rotatable bonds is 3. The van der Waals surface area contributed by atoms with E-state index >= 15 is 0 Å². The molecule has 1 N–H and O–H groups in total. The summed E-state index contributed by atoms with van der Waals surface area (Å²) in [6.45, 7) is 0. The molecule has 19 heavy (non-hydrogen) atoms. The van der Waals surface area contributed by atoms with Crippen molar-refractivity contribution in [3.63, 3.8) is 0 Å². The van der Waals surface area contributed by atoms with Gasteiger partial charge in [-0.25, -0.2) is 4.39 Å². The third-order valence-electron chi connectivity index (χ3n) is 3.33. The minimum atomic E-state index is -0.218. The molecule has 0 bridgehead atoms. The van der Waals surface area contributed by atoms with Crippen molar-refractivity contribution in [3.05, 3.63) is 71.7 Å². The predicted octanol–water partition coefficient (Wildman–Crippen LogP) is 3.88. The van der Waals surface area contributed by atoms with E-state index in [0.29, 0.717) is 5.56 Å². The number of benzene rings is 2. The standard InChI is InChI=1S/C16H14FNO/c1-18-16(12-7-2-4-8-14(12)17)13-10-19-15-9-5-3-6-11(13)15/h2-10,16,18H,1H3. The number of halogens is 1. The van der Waals surface area contributed by atoms with E-state index in [2.05, 4.69) is 5.32 Å². The zero-order valence-electron chi connectivity index (χ0n) is 10.6. The molecule has 1 aromatic heterocycles. The van der Waals surface area contributed by atoms with Gasteiger partial charge in [0.2, 0.25) is 0 Å². The predicted molar refractivity (Wildman–Crippen MR) is 73.5 cm³/mol. The molecule has 0 amide bonds. The second-order valence-electron chi connectivity index (χ2n) is 4.43. The van der Waals surface area contributed by atoms with Gasteiger partial charge in [-0.3, -0.25) is 0 Å². The van der Waals surface area contributed by atoms with Crippen LogP contribution >= 0.6 is 0 Å². The Balaban J connectivity index is 2.15. The van der Waals surface area contributed by atoms with Gasteiger partial charge in [0.25, 0.3) is 0 Å². The first-order valence-corrected chi connectivity index (χ1v) is 6.19. The summed E-state index contributed by atoms with van der Waals surface area (Å²) in [6, 6.07) is 14.4. The number of fused-ring (bicyclic) bond motifs is 1. The average molecular weight is 255 g/mol. The van der Waals surface area contributed by atoms with Gasteiger partial charge in [0.1, 0.15) is 11.4 Å². The van der Waals surface area contributed by atoms with Gasteiger partial charge in [-0.15, -0.1) is 0 Å². The van der Waals surface area contributed by atoms with Crippen LogP contribution in [-0.2, 0) is 0 Å². The van der Waals surface area contributed by atoms with E-state index in [4.69, 9.17) is 4.42 Å². The van der Waals surface area contributed by atoms with Gasteiger partial charge >= 0.3 is 0 Å². The van der Waals surface area contributed by atoms with Gasteiger partial charge in [-0.05, 0) is 19.2 Å². The Labute approximate surface area is 110 Å². The van der Waals surface area contributed by atoms with Crippen LogP contribution in [0.3, 0.4) is 0 Å². The molecular weight excluding hydrogens is 241 g/mol. The summed E-state index contributed by atoms with van der Waals surface area (Å²) in [7, 11) is 1.82. The van der Waals surface area contributed by atoms with Crippen LogP contribution in [0.5, 0.6) is 0 Å². The summed E-state index contributed by atoms with van der Waals surface area (Å²) in [5.41, 5.74) is 2.38. The topological polar surface area (TPSA) is 25.2 Å². The Morgan fingerprint density at radius 3 is 2.53 bits per heavy atom. The third kappa shape index (κ3) is 2.02. The highest BCUT2D eigenvalue weighted by atomic mass is 19.1. The van der Waals surface area contributed by atoms with Gasteiger partial charge in [-0.1, -0.05) is 36.4 Å². The van der Waals surface area contributed by atoms with Gasteiger partial charge in [-0.2, -0.15) is 0 Å². The summed E-state index contributed by atoms with van der Waals surface area (Å²) < 4.78 is 19.5. The first-order valence-electron chi connectivity index (χ1n) is 6.19. The van der Waals surface area contributed by atoms with Gasteiger partial charge in [0.05, 0.1) is 12.3 Å². The van der Waals surface area contributed by atoms with Gasteiger partial charge < -0.3 is 9.73 Å². The second kappa shape index (κ2) is 4.86. The summed E-state index contributed by atoms with van der Waals surface area (Å²) in [5.74, 6) is -0.216. The van der Waals surface area contributed by atoms with Crippen LogP contribution in [0.4, 0.5) is 4.39 Å². The molecule has 0 aliphatic heterocycles. The van der Waals surface area contributed by atoms with Crippen molar-refractivity contribution in [1.82, 2.24) is 5.32 Å². The average Bonchev–Trinajstić information content (AvgIpc) is 2.86. The Morgan fingerprint density at radius 2 is 1.74 bits per heavy atom. The molecule has 3 heteroatoms. The van der Waals surface area contributed by atoms with Crippen LogP contribution in [0.2, 0.25) is 0 Å². The van der Waals surface area contributed by atoms with E-state index < -0.39 is 0 Å². The Kier molecular flexibility index (Phi) is 3.05. The maximum atomic E-state index is 13.9. The molecule has 3 aromatic rings. The Morgan fingerprint density at radius 1 is 1.00 bits per heavy atom. The molecule has 0 aliphatic carbocycles. The monoisotopic (exact) mass is 255 g/mol. The van der Waals surface area contributed by atoms with Crippen molar-refractivity contribution in [2.75, 3.05) is 7.05 Å². The highest BCUT2D eigenvalue weighted by Gasteiger charge is 2.19. The molecular formula is C16H14FNO. The van der Waals surface area contributed by atoms with Crippen molar-refractivity contribution in [2.45, 2.75) is 6.04 Å². The summed E-state index contributed by atoms with van der Waals surface area (Å²) >= 11 is 0. The fraction of sp³-hybridized carbons (Fsp3) is 0.125. The van der Waals surface area contributed by atoms with Crippen LogP contribution in [-0.4, -0.2) is 7.05 Å². The minimum Gasteiger partial charge on any atom is -0.464 e. The molecule has 2 aromatic carbocycles. The number of hydrogen-bond acceptors (Lipinski definition) is 2. The Hall–Kier alpha value is -2.13. The second-order valence-corrected chi connectivity index (χ2v) is 4.43. The summed E-state index contributed by atoms with van der Waals surface area (Å²) in [6.07, 6.45) is 1.69. The number of furan rings is 1. The molecule has 1 unspecified atom stereocenters. The van der Waals surface area contributed by atoms with Crippen LogP contribution < -0.4 is 5.32 Å². The minimum absolute atomic E-state index is 0.216. The maximum Gasteiger partial charge on any atom is 0.134 e. The molecule has 3 rings (SSSR count). The van der Waals surface area contributed by atoms with E-state index in [-0.39, 0.29) is 11.9 Å². The van der Waals surface area contributed by atoms with Crippen LogP contribution in [0.25, 0.3) is 11.0 Å². The quantitative estimate of drug-likeness (QED) is 0.768. The number of hydrogen-bond donors (Lipinski definition) is 1. The maximum absolute atomic E-state index is 13.9. The van der Waals surface area contributed by atoms with Gasteiger partial charge in [0, 0.05) is 16.5 Å². The van der Waals surface area contributed by atoms with Crippen LogP contribution in [0.15, 0.2) is 59.2 Å². The van der Waals surface area contributed by atoms with Crippen molar-refractivity contribution >= 4 is 11.0 Å². The van der Waals surface area contributed by atoms with E-state index in [1.165, 1.54) is 6.07 Å². The van der Waals surface area contributed by atoms with Crippen LogP contribution in [0.1, 0.15) is 17.2 Å². The van der Waals surface area contributed by atoms with E-state index in [9.17, 15) is 4.39 Å². The van der Waals surface area contributed by atoms with Crippen molar-refractivity contribution in [1.29, 1.82) is 0 Å². The molecule has 0 radical (unpaired) electrons. The van der Waals surface area contributed by atoms with E-state index in [1.807, 2.05) is 37.4 Å². The first kappa shape index (κ1) is 11.9. The van der Waals surface area contributed by atoms with E-state index in [1.54, 1.807) is 18.4 Å². The fourth-order valence-electron chi connectivity index (χ4n) is 2.41. The lowest BCUT2D eigenvalue weighted by Crippen LogP contribution is -2.18. The fourth-order valence-corrected chi connectivity index (χ4v) is 2.41. The number of para-hydroxylation sites is 1. The molecule has 1 heterocycles. The molecule has 0 spiro atoms. The smallest absolute Gasteiger partial charge is 0.134 e. The van der Waals surface area contributed by atoms with E-state index in [0.717, 1.165) is 16.5 Å². The Bertz CT molecular complexity index is 705. The molecule has 0 fully saturated rings. The lowest BCUT2D eigenvalue weighted by atomic mass is 9.98. The molecule has 0 saturated heterocycles. The largest absolute Gasteiger partial charge is 0.464 e. The molecule has 0 saturated carbocycles. The van der Waals surface area contributed by atoms with Crippen molar-refractivity contribution in [2.24, 2.45) is 0 Å². The summed E-state index contributed by atoms with van der Waals surface area (Å²) in [4.78, 5) is 0. The first-order chi connectivity index (χ1) is 9.31. The van der Waals surface area contributed by atoms with Crippen molar-refractivity contribution < 1.29 is 8.81 Å². The SMILES string of the molecule is CNC(c1ccccc1F)c1coc2ccccc12. The molecule has 96 valence electrons. The zero-order chi connectivity index (χ0) is 13.2. The zero-order valence-corrected chi connectivity index (χ0v) is 10.6. The normalized spacial score (nSPS) is 12.7. The third-order valence-corrected chi connectivity index (χ3v) is 3.33. The molecule has 0 aliphatic rings. The highest BCUT2D eigenvalue weighted by molar-refractivity contribution is 5.81. The van der Waals surface area contributed by atoms with Crippen LogP contribution in [0, 0.1) is 5.82 Å². The lowest BCUT2D eigenvalue weighted by Gasteiger charge is -2.16. The van der Waals surface area contributed by atoms with Crippen molar-refractivity contribution in [3.8, 4) is 0 Å². The highest BCUT2D eigenvalue weighted by Crippen LogP contribution is 2.31. The number of nitrogens with one attached hydrogen (secondary N) is 1. The molecule has 2 nitrogen and oxygen atoms in total. The molecule has 1 atom stereocenters. The summed E-state index contributed by atoms with van der Waals surface area (Å²) in [5, 5.41) is 4.16. The lowest BCUT2D eigenvalue weighted by molar-refractivity contribution is 0.565. The van der Waals surface area contributed by atoms with Gasteiger partial charge in [0.15, 0.2) is 0 Å².